The molecular formula is C13H7BrFNO2S. The third kappa shape index (κ3) is 1.91. The van der Waals surface area contributed by atoms with Crippen molar-refractivity contribution in [1.29, 1.82) is 0 Å². The van der Waals surface area contributed by atoms with E-state index in [2.05, 4.69) is 15.9 Å². The molecule has 1 aromatic heterocycles. The van der Waals surface area contributed by atoms with Gasteiger partial charge in [0.25, 0.3) is 11.7 Å². The molecule has 2 heterocycles. The highest BCUT2D eigenvalue weighted by molar-refractivity contribution is 9.10. The number of carbonyl (C=O) groups excluding carboxylic acids is 2. The maximum Gasteiger partial charge on any atom is 0.299 e. The topological polar surface area (TPSA) is 37.4 Å². The third-order valence-electron chi connectivity index (χ3n) is 2.93. The molecule has 3 rings (SSSR count). The molecule has 1 aliphatic heterocycles. The molecule has 0 unspecified atom stereocenters. The van der Waals surface area contributed by atoms with Crippen LogP contribution in [0.15, 0.2) is 34.1 Å². The third-order valence-corrected chi connectivity index (χ3v) is 4.84. The summed E-state index contributed by atoms with van der Waals surface area (Å²) in [5.41, 5.74) is 0.218. The van der Waals surface area contributed by atoms with Crippen molar-refractivity contribution < 1.29 is 14.0 Å². The molecule has 0 N–H and O–H groups in total. The Balaban J connectivity index is 2.07. The van der Waals surface area contributed by atoms with Crippen molar-refractivity contribution >= 4 is 44.6 Å². The lowest BCUT2D eigenvalue weighted by Gasteiger charge is -2.16. The Bertz CT molecular complexity index is 698. The first kappa shape index (κ1) is 12.5. The number of Topliss-reactive ketones (excluding diaryl/α,β-unsaturated/α-hetero) is 1. The van der Waals surface area contributed by atoms with E-state index in [-0.39, 0.29) is 17.8 Å². The minimum Gasteiger partial charge on any atom is -0.297 e. The summed E-state index contributed by atoms with van der Waals surface area (Å²) in [5.74, 6) is -1.88. The van der Waals surface area contributed by atoms with Gasteiger partial charge in [0.05, 0.1) is 17.8 Å². The summed E-state index contributed by atoms with van der Waals surface area (Å²) in [5, 5.41) is 1.87. The average Bonchev–Trinajstić information content (AvgIpc) is 2.89. The van der Waals surface area contributed by atoms with Gasteiger partial charge in [0.2, 0.25) is 0 Å². The number of hydrogen-bond donors (Lipinski definition) is 0. The van der Waals surface area contributed by atoms with Crippen LogP contribution in [-0.4, -0.2) is 11.7 Å². The summed E-state index contributed by atoms with van der Waals surface area (Å²) in [4.78, 5) is 25.8. The Hall–Kier alpha value is -1.53. The summed E-state index contributed by atoms with van der Waals surface area (Å²) in [6.07, 6.45) is 0. The number of halogens is 2. The van der Waals surface area contributed by atoms with Gasteiger partial charge in [0, 0.05) is 9.35 Å². The molecule has 0 atom stereocenters. The van der Waals surface area contributed by atoms with Crippen LogP contribution in [0.25, 0.3) is 0 Å². The number of hydrogen-bond acceptors (Lipinski definition) is 3. The molecule has 0 bridgehead atoms. The second-order valence-electron chi connectivity index (χ2n) is 4.05. The lowest BCUT2D eigenvalue weighted by molar-refractivity contribution is -0.114. The van der Waals surface area contributed by atoms with Crippen molar-refractivity contribution in [1.82, 2.24) is 0 Å². The standard InChI is InChI=1S/C13H7BrFNO2S/c14-8-4-5-19-10(8)6-16-11-7(12(17)13(16)18)2-1-3-9(11)15/h1-5H,6H2. The van der Waals surface area contributed by atoms with Crippen LogP contribution < -0.4 is 4.90 Å². The van der Waals surface area contributed by atoms with Crippen molar-refractivity contribution in [2.75, 3.05) is 4.90 Å². The van der Waals surface area contributed by atoms with Gasteiger partial charge < -0.3 is 0 Å². The molecule has 0 aliphatic carbocycles. The Kier molecular flexibility index (Phi) is 2.99. The molecule has 1 amide bonds. The van der Waals surface area contributed by atoms with E-state index in [0.29, 0.717) is 0 Å². The second kappa shape index (κ2) is 4.54. The van der Waals surface area contributed by atoms with E-state index in [1.165, 1.54) is 34.4 Å². The molecule has 0 radical (unpaired) electrons. The largest absolute Gasteiger partial charge is 0.299 e. The summed E-state index contributed by atoms with van der Waals surface area (Å²) in [6.45, 7) is 0.191. The van der Waals surface area contributed by atoms with Gasteiger partial charge in [-0.25, -0.2) is 4.39 Å². The molecule has 0 spiro atoms. The fourth-order valence-electron chi connectivity index (χ4n) is 2.04. The molecule has 0 fully saturated rings. The van der Waals surface area contributed by atoms with Crippen LogP contribution >= 0.6 is 27.3 Å². The van der Waals surface area contributed by atoms with Crippen molar-refractivity contribution in [3.63, 3.8) is 0 Å². The van der Waals surface area contributed by atoms with Gasteiger partial charge in [-0.05, 0) is 39.5 Å². The normalized spacial score (nSPS) is 14.1. The predicted molar refractivity (Wildman–Crippen MR) is 73.9 cm³/mol. The Morgan fingerprint density at radius 2 is 2.05 bits per heavy atom. The van der Waals surface area contributed by atoms with Crippen LogP contribution in [0, 0.1) is 5.82 Å². The second-order valence-corrected chi connectivity index (χ2v) is 5.90. The number of para-hydroxylation sites is 1. The Morgan fingerprint density at radius 1 is 1.26 bits per heavy atom. The van der Waals surface area contributed by atoms with Gasteiger partial charge in [-0.1, -0.05) is 6.07 Å². The van der Waals surface area contributed by atoms with Gasteiger partial charge in [0.15, 0.2) is 0 Å². The van der Waals surface area contributed by atoms with Crippen molar-refractivity contribution in [3.8, 4) is 0 Å². The number of nitrogens with zero attached hydrogens (tertiary/aromatic N) is 1. The van der Waals surface area contributed by atoms with Crippen LogP contribution in [0.5, 0.6) is 0 Å². The molecular weight excluding hydrogens is 333 g/mol. The molecule has 1 aliphatic rings. The molecule has 19 heavy (non-hydrogen) atoms. The number of rotatable bonds is 2. The summed E-state index contributed by atoms with van der Waals surface area (Å²) < 4.78 is 14.7. The first-order valence-corrected chi connectivity index (χ1v) is 7.13. The lowest BCUT2D eigenvalue weighted by Crippen LogP contribution is -2.29. The number of anilines is 1. The zero-order chi connectivity index (χ0) is 13.6. The highest BCUT2D eigenvalue weighted by Gasteiger charge is 2.38. The summed E-state index contributed by atoms with van der Waals surface area (Å²) in [7, 11) is 0. The number of carbonyl (C=O) groups is 2. The Morgan fingerprint density at radius 3 is 2.74 bits per heavy atom. The molecule has 0 saturated carbocycles. The predicted octanol–water partition coefficient (Wildman–Crippen LogP) is 3.38. The quantitative estimate of drug-likeness (QED) is 0.786. The lowest BCUT2D eigenvalue weighted by atomic mass is 10.1. The number of thiophene rings is 1. The molecule has 2 aromatic rings. The first-order chi connectivity index (χ1) is 9.09. The van der Waals surface area contributed by atoms with E-state index in [1.807, 2.05) is 11.4 Å². The zero-order valence-electron chi connectivity index (χ0n) is 9.52. The SMILES string of the molecule is O=C1C(=O)N(Cc2sccc2Br)c2c(F)cccc21. The number of fused-ring (bicyclic) bond motifs is 1. The summed E-state index contributed by atoms with van der Waals surface area (Å²) >= 11 is 4.81. The molecule has 0 saturated heterocycles. The number of ketones is 1. The average molecular weight is 340 g/mol. The maximum atomic E-state index is 13.9. The van der Waals surface area contributed by atoms with Gasteiger partial charge in [0.1, 0.15) is 5.82 Å². The fraction of sp³-hybridized carbons (Fsp3) is 0.0769. The summed E-state index contributed by atoms with van der Waals surface area (Å²) in [6, 6.07) is 6.01. The van der Waals surface area contributed by atoms with E-state index in [0.717, 1.165) is 9.35 Å². The minimum atomic E-state index is -0.680. The van der Waals surface area contributed by atoms with E-state index in [9.17, 15) is 14.0 Å². The highest BCUT2D eigenvalue weighted by atomic mass is 79.9. The Labute approximate surface area is 120 Å². The molecule has 1 aromatic carbocycles. The van der Waals surface area contributed by atoms with Crippen LogP contribution in [0.4, 0.5) is 10.1 Å². The number of benzene rings is 1. The zero-order valence-corrected chi connectivity index (χ0v) is 11.9. The molecule has 3 nitrogen and oxygen atoms in total. The maximum absolute atomic E-state index is 13.9. The fourth-order valence-corrected chi connectivity index (χ4v) is 3.51. The van der Waals surface area contributed by atoms with Crippen LogP contribution in [-0.2, 0) is 11.3 Å². The van der Waals surface area contributed by atoms with Gasteiger partial charge >= 0.3 is 0 Å². The van der Waals surface area contributed by atoms with Crippen molar-refractivity contribution in [3.05, 3.63) is 50.4 Å². The molecule has 6 heteroatoms. The molecule has 96 valence electrons. The first-order valence-electron chi connectivity index (χ1n) is 5.46. The van der Waals surface area contributed by atoms with E-state index in [4.69, 9.17) is 0 Å². The van der Waals surface area contributed by atoms with Gasteiger partial charge in [-0.2, -0.15) is 0 Å². The van der Waals surface area contributed by atoms with Crippen molar-refractivity contribution in [2.24, 2.45) is 0 Å². The minimum absolute atomic E-state index is 0.0813. The van der Waals surface area contributed by atoms with Crippen LogP contribution in [0.3, 0.4) is 0 Å². The number of amides is 1. The smallest absolute Gasteiger partial charge is 0.297 e. The van der Waals surface area contributed by atoms with Crippen LogP contribution in [0.2, 0.25) is 0 Å². The van der Waals surface area contributed by atoms with E-state index in [1.54, 1.807) is 0 Å². The van der Waals surface area contributed by atoms with E-state index < -0.39 is 17.5 Å². The monoisotopic (exact) mass is 339 g/mol. The van der Waals surface area contributed by atoms with Gasteiger partial charge in [-0.3, -0.25) is 14.5 Å². The van der Waals surface area contributed by atoms with Gasteiger partial charge in [-0.15, -0.1) is 11.3 Å². The highest BCUT2D eigenvalue weighted by Crippen LogP contribution is 2.34. The van der Waals surface area contributed by atoms with E-state index >= 15 is 0 Å². The van der Waals surface area contributed by atoms with Crippen molar-refractivity contribution in [2.45, 2.75) is 6.54 Å². The van der Waals surface area contributed by atoms with Crippen LogP contribution in [0.1, 0.15) is 15.2 Å².